The lowest BCUT2D eigenvalue weighted by Gasteiger charge is -2.32. The molecule has 0 saturated carbocycles. The van der Waals surface area contributed by atoms with Crippen LogP contribution < -0.4 is 5.56 Å². The lowest BCUT2D eigenvalue weighted by molar-refractivity contribution is 0.0671. The van der Waals surface area contributed by atoms with E-state index in [2.05, 4.69) is 10.1 Å². The minimum Gasteiger partial charge on any atom is -0.360 e. The van der Waals surface area contributed by atoms with E-state index in [1.54, 1.807) is 4.90 Å². The number of likely N-dealkylation sites (tertiary alicyclic amines) is 1. The van der Waals surface area contributed by atoms with Crippen molar-refractivity contribution < 1.29 is 18.1 Å². The van der Waals surface area contributed by atoms with Gasteiger partial charge in [-0.3, -0.25) is 14.2 Å². The number of carbonyl (C=O) groups excluding carboxylic acids is 1. The number of hydrogen-bond acceptors (Lipinski definition) is 5. The Morgan fingerprint density at radius 3 is 2.71 bits per heavy atom. The van der Waals surface area contributed by atoms with Crippen molar-refractivity contribution in [2.45, 2.75) is 51.5 Å². The lowest BCUT2D eigenvalue weighted by atomic mass is 9.94. The van der Waals surface area contributed by atoms with Crippen LogP contribution in [0.4, 0.5) is 8.78 Å². The van der Waals surface area contributed by atoms with Crippen LogP contribution in [0.15, 0.2) is 21.7 Å². The van der Waals surface area contributed by atoms with E-state index in [1.165, 1.54) is 10.9 Å². The maximum Gasteiger partial charge on any atom is 0.280 e. The summed E-state index contributed by atoms with van der Waals surface area (Å²) in [4.78, 5) is 30.2. The number of amides is 1. The van der Waals surface area contributed by atoms with Crippen LogP contribution >= 0.6 is 0 Å². The van der Waals surface area contributed by atoms with Crippen LogP contribution in [-0.2, 0) is 19.4 Å². The molecule has 150 valence electrons. The third-order valence-corrected chi connectivity index (χ3v) is 5.63. The van der Waals surface area contributed by atoms with Gasteiger partial charge in [-0.1, -0.05) is 5.16 Å². The van der Waals surface area contributed by atoms with Gasteiger partial charge in [0, 0.05) is 37.7 Å². The first kappa shape index (κ1) is 18.8. The summed E-state index contributed by atoms with van der Waals surface area (Å²) in [5.74, 6) is 0.932. The van der Waals surface area contributed by atoms with Crippen molar-refractivity contribution in [3.8, 4) is 0 Å². The third-order valence-electron chi connectivity index (χ3n) is 5.63. The quantitative estimate of drug-likeness (QED) is 0.799. The van der Waals surface area contributed by atoms with Gasteiger partial charge in [-0.15, -0.1) is 0 Å². The zero-order valence-corrected chi connectivity index (χ0v) is 15.4. The second kappa shape index (κ2) is 7.81. The first-order chi connectivity index (χ1) is 13.5. The third kappa shape index (κ3) is 3.70. The number of nitrogens with zero attached hydrogens (tertiary/aromatic N) is 4. The summed E-state index contributed by atoms with van der Waals surface area (Å²) < 4.78 is 31.9. The van der Waals surface area contributed by atoms with Gasteiger partial charge in [-0.25, -0.2) is 13.8 Å². The molecule has 28 heavy (non-hydrogen) atoms. The molecule has 9 heteroatoms. The fraction of sp³-hybridized carbons (Fsp3) is 0.579. The molecule has 0 bridgehead atoms. The molecule has 0 radical (unpaired) electrons. The van der Waals surface area contributed by atoms with Crippen LogP contribution in [0.1, 0.15) is 59.6 Å². The van der Waals surface area contributed by atoms with Crippen molar-refractivity contribution in [1.29, 1.82) is 0 Å². The Bertz CT molecular complexity index is 916. The van der Waals surface area contributed by atoms with Gasteiger partial charge in [-0.2, -0.15) is 0 Å². The minimum absolute atomic E-state index is 0.0922. The Hall–Kier alpha value is -2.58. The van der Waals surface area contributed by atoms with E-state index in [0.29, 0.717) is 25.3 Å². The number of aryl methyl sites for hydroxylation is 1. The predicted molar refractivity (Wildman–Crippen MR) is 95.2 cm³/mol. The van der Waals surface area contributed by atoms with Crippen molar-refractivity contribution in [1.82, 2.24) is 19.6 Å². The van der Waals surface area contributed by atoms with Gasteiger partial charge in [0.25, 0.3) is 17.9 Å². The molecule has 0 atom stereocenters. The molecular weight excluding hydrogens is 370 g/mol. The molecule has 2 aromatic rings. The molecule has 2 aliphatic rings. The molecule has 1 amide bonds. The Kier molecular flexibility index (Phi) is 5.23. The Balaban J connectivity index is 1.36. The van der Waals surface area contributed by atoms with Crippen LogP contribution in [-0.4, -0.2) is 38.6 Å². The van der Waals surface area contributed by atoms with Gasteiger partial charge >= 0.3 is 0 Å². The summed E-state index contributed by atoms with van der Waals surface area (Å²) in [5.41, 5.74) is 0.418. The summed E-state index contributed by atoms with van der Waals surface area (Å²) in [6.45, 7) is 1.56. The molecule has 2 aromatic heterocycles. The zero-order valence-electron chi connectivity index (χ0n) is 15.4. The number of rotatable bonds is 4. The average Bonchev–Trinajstić information content (AvgIpc) is 3.13. The summed E-state index contributed by atoms with van der Waals surface area (Å²) in [6.07, 6.45) is 3.68. The summed E-state index contributed by atoms with van der Waals surface area (Å²) >= 11 is 0. The van der Waals surface area contributed by atoms with Crippen molar-refractivity contribution >= 4 is 5.91 Å². The summed E-state index contributed by atoms with van der Waals surface area (Å²) in [6, 6.07) is 0.886. The van der Waals surface area contributed by atoms with E-state index in [-0.39, 0.29) is 11.8 Å². The molecule has 0 unspecified atom stereocenters. The normalized spacial score (nSPS) is 17.8. The molecule has 1 aliphatic heterocycles. The molecule has 7 nitrogen and oxygen atoms in total. The Labute approximate surface area is 160 Å². The van der Waals surface area contributed by atoms with Crippen LogP contribution in [0.25, 0.3) is 0 Å². The number of aromatic nitrogens is 3. The molecule has 1 fully saturated rings. The fourth-order valence-electron chi connectivity index (χ4n) is 4.00. The van der Waals surface area contributed by atoms with Gasteiger partial charge < -0.3 is 9.42 Å². The highest BCUT2D eigenvalue weighted by Gasteiger charge is 2.30. The number of carbonyl (C=O) groups is 1. The number of piperidine rings is 1. The first-order valence-corrected chi connectivity index (χ1v) is 9.64. The van der Waals surface area contributed by atoms with Gasteiger partial charge in [0.05, 0.1) is 6.33 Å². The first-order valence-electron chi connectivity index (χ1n) is 9.64. The minimum atomic E-state index is -2.75. The number of alkyl halides is 2. The second-order valence-corrected chi connectivity index (χ2v) is 7.48. The van der Waals surface area contributed by atoms with Crippen molar-refractivity contribution in [3.63, 3.8) is 0 Å². The molecule has 3 heterocycles. The smallest absolute Gasteiger partial charge is 0.280 e. The van der Waals surface area contributed by atoms with Gasteiger partial charge in [0.15, 0.2) is 5.69 Å². The van der Waals surface area contributed by atoms with E-state index < -0.39 is 17.7 Å². The maximum absolute atomic E-state index is 12.8. The van der Waals surface area contributed by atoms with Crippen LogP contribution in [0.3, 0.4) is 0 Å². The monoisotopic (exact) mass is 392 g/mol. The van der Waals surface area contributed by atoms with E-state index >= 15 is 0 Å². The summed E-state index contributed by atoms with van der Waals surface area (Å²) in [7, 11) is 0. The standard InChI is InChI=1S/C19H22F2N4O3/c20-18(21)14-9-16(26)25(11-22-14)10-12-5-7-24(8-6-12)19(27)17-13-3-1-2-4-15(13)28-23-17/h9,11-12,18H,1-8,10H2. The van der Waals surface area contributed by atoms with E-state index in [4.69, 9.17) is 4.52 Å². The molecular formula is C19H22F2N4O3. The highest BCUT2D eigenvalue weighted by molar-refractivity contribution is 5.94. The van der Waals surface area contributed by atoms with Gasteiger partial charge in [0.2, 0.25) is 0 Å². The Morgan fingerprint density at radius 2 is 2.00 bits per heavy atom. The molecule has 0 spiro atoms. The molecule has 0 N–H and O–H groups in total. The largest absolute Gasteiger partial charge is 0.360 e. The topological polar surface area (TPSA) is 81.2 Å². The molecule has 4 rings (SSSR count). The lowest BCUT2D eigenvalue weighted by Crippen LogP contribution is -2.40. The number of fused-ring (bicyclic) bond motifs is 1. The van der Waals surface area contributed by atoms with E-state index in [0.717, 1.165) is 55.9 Å². The average molecular weight is 392 g/mol. The molecule has 1 saturated heterocycles. The van der Waals surface area contributed by atoms with Crippen LogP contribution in [0.5, 0.6) is 0 Å². The van der Waals surface area contributed by atoms with Gasteiger partial charge in [0.1, 0.15) is 11.5 Å². The van der Waals surface area contributed by atoms with Crippen molar-refractivity contribution in [3.05, 3.63) is 45.5 Å². The van der Waals surface area contributed by atoms with Crippen LogP contribution in [0.2, 0.25) is 0 Å². The fourth-order valence-corrected chi connectivity index (χ4v) is 4.00. The van der Waals surface area contributed by atoms with Crippen LogP contribution in [0, 0.1) is 5.92 Å². The zero-order chi connectivity index (χ0) is 19.7. The van der Waals surface area contributed by atoms with E-state index in [1.807, 2.05) is 0 Å². The predicted octanol–water partition coefficient (Wildman–Crippen LogP) is 2.60. The highest BCUT2D eigenvalue weighted by atomic mass is 19.3. The van der Waals surface area contributed by atoms with Crippen molar-refractivity contribution in [2.24, 2.45) is 5.92 Å². The van der Waals surface area contributed by atoms with E-state index in [9.17, 15) is 18.4 Å². The number of halogens is 2. The number of hydrogen-bond donors (Lipinski definition) is 0. The van der Waals surface area contributed by atoms with Gasteiger partial charge in [-0.05, 0) is 38.0 Å². The SMILES string of the molecule is O=C(c1noc2c1CCCC2)N1CCC(Cn2cnc(C(F)F)cc2=O)CC1. The molecule has 1 aliphatic carbocycles. The summed E-state index contributed by atoms with van der Waals surface area (Å²) in [5, 5.41) is 4.01. The maximum atomic E-state index is 12.8. The Morgan fingerprint density at radius 1 is 1.25 bits per heavy atom. The second-order valence-electron chi connectivity index (χ2n) is 7.48. The molecule has 0 aromatic carbocycles. The van der Waals surface area contributed by atoms with Crippen molar-refractivity contribution in [2.75, 3.05) is 13.1 Å². The highest BCUT2D eigenvalue weighted by Crippen LogP contribution is 2.27.